The molecule has 1 aromatic rings. The van der Waals surface area contributed by atoms with Crippen LogP contribution in [0.2, 0.25) is 0 Å². The van der Waals surface area contributed by atoms with E-state index in [-0.39, 0.29) is 17.8 Å². The van der Waals surface area contributed by atoms with E-state index in [0.717, 1.165) is 32.2 Å². The van der Waals surface area contributed by atoms with Crippen molar-refractivity contribution in [2.75, 3.05) is 6.54 Å². The van der Waals surface area contributed by atoms with Crippen LogP contribution in [0.4, 0.5) is 4.39 Å². The summed E-state index contributed by atoms with van der Waals surface area (Å²) in [6.45, 7) is 4.78. The summed E-state index contributed by atoms with van der Waals surface area (Å²) in [5.74, 6) is -0.281. The molecular weight excluding hydrogens is 255 g/mol. The van der Waals surface area contributed by atoms with Gasteiger partial charge < -0.3 is 10.6 Å². The van der Waals surface area contributed by atoms with Gasteiger partial charge in [-0.2, -0.15) is 0 Å². The number of hydrogen-bond donors (Lipinski definition) is 2. The van der Waals surface area contributed by atoms with Gasteiger partial charge in [0.25, 0.3) is 0 Å². The molecule has 2 atom stereocenters. The van der Waals surface area contributed by atoms with Gasteiger partial charge in [0.15, 0.2) is 0 Å². The standard InChI is InChI=1S/C16H23FN2O/c1-3-9-16(10-6-11-18-16)15(20)19-12(2)13-7-4-5-8-14(13)17/h4-5,7-8,12,18H,3,6,9-11H2,1-2H3,(H,19,20)/t12-,16?/m1/s1. The van der Waals surface area contributed by atoms with Crippen LogP contribution in [0.3, 0.4) is 0 Å². The summed E-state index contributed by atoms with van der Waals surface area (Å²) in [5.41, 5.74) is 0.0688. The number of halogens is 1. The van der Waals surface area contributed by atoms with Gasteiger partial charge in [-0.25, -0.2) is 4.39 Å². The number of hydrogen-bond acceptors (Lipinski definition) is 2. The normalized spacial score (nSPS) is 23.6. The van der Waals surface area contributed by atoms with E-state index in [4.69, 9.17) is 0 Å². The predicted octanol–water partition coefficient (Wildman–Crippen LogP) is 2.93. The molecule has 0 radical (unpaired) electrons. The highest BCUT2D eigenvalue weighted by atomic mass is 19.1. The lowest BCUT2D eigenvalue weighted by Gasteiger charge is -2.29. The molecule has 0 saturated carbocycles. The van der Waals surface area contributed by atoms with Crippen LogP contribution in [0.5, 0.6) is 0 Å². The molecule has 1 aliphatic heterocycles. The van der Waals surface area contributed by atoms with Crippen LogP contribution in [0.1, 0.15) is 51.1 Å². The second-order valence-corrected chi connectivity index (χ2v) is 5.58. The molecule has 0 bridgehead atoms. The van der Waals surface area contributed by atoms with Crippen molar-refractivity contribution in [1.82, 2.24) is 10.6 Å². The van der Waals surface area contributed by atoms with E-state index in [1.54, 1.807) is 18.2 Å². The Morgan fingerprint density at radius 3 is 2.85 bits per heavy atom. The van der Waals surface area contributed by atoms with E-state index >= 15 is 0 Å². The van der Waals surface area contributed by atoms with E-state index in [2.05, 4.69) is 17.6 Å². The fourth-order valence-electron chi connectivity index (χ4n) is 2.99. The molecule has 20 heavy (non-hydrogen) atoms. The van der Waals surface area contributed by atoms with Crippen molar-refractivity contribution in [2.24, 2.45) is 0 Å². The number of rotatable bonds is 5. The number of carbonyl (C=O) groups excluding carboxylic acids is 1. The van der Waals surface area contributed by atoms with Crippen molar-refractivity contribution >= 4 is 5.91 Å². The summed E-state index contributed by atoms with van der Waals surface area (Å²) in [6.07, 6.45) is 3.65. The number of amides is 1. The lowest BCUT2D eigenvalue weighted by molar-refractivity contribution is -0.128. The maximum absolute atomic E-state index is 13.7. The van der Waals surface area contributed by atoms with E-state index in [0.29, 0.717) is 5.56 Å². The summed E-state index contributed by atoms with van der Waals surface area (Å²) in [7, 11) is 0. The highest BCUT2D eigenvalue weighted by Crippen LogP contribution is 2.26. The maximum atomic E-state index is 13.7. The Balaban J connectivity index is 2.08. The van der Waals surface area contributed by atoms with Crippen LogP contribution < -0.4 is 10.6 Å². The Bertz CT molecular complexity index is 469. The highest BCUT2D eigenvalue weighted by molar-refractivity contribution is 5.87. The summed E-state index contributed by atoms with van der Waals surface area (Å²) >= 11 is 0. The Kier molecular flexibility index (Phi) is 4.76. The fourth-order valence-corrected chi connectivity index (χ4v) is 2.99. The van der Waals surface area contributed by atoms with Gasteiger partial charge in [0, 0.05) is 5.56 Å². The van der Waals surface area contributed by atoms with E-state index < -0.39 is 5.54 Å². The summed E-state index contributed by atoms with van der Waals surface area (Å²) in [4.78, 5) is 12.6. The minimum absolute atomic E-state index is 0.00685. The van der Waals surface area contributed by atoms with Gasteiger partial charge >= 0.3 is 0 Å². The third kappa shape index (κ3) is 3.01. The number of carbonyl (C=O) groups is 1. The topological polar surface area (TPSA) is 41.1 Å². The quantitative estimate of drug-likeness (QED) is 0.869. The Morgan fingerprint density at radius 2 is 2.25 bits per heavy atom. The molecule has 1 unspecified atom stereocenters. The lowest BCUT2D eigenvalue weighted by Crippen LogP contribution is -2.53. The van der Waals surface area contributed by atoms with Gasteiger partial charge in [-0.1, -0.05) is 31.5 Å². The third-order valence-corrected chi connectivity index (χ3v) is 4.07. The minimum atomic E-state index is -0.464. The lowest BCUT2D eigenvalue weighted by atomic mass is 9.90. The molecule has 1 aliphatic rings. The molecule has 1 aromatic carbocycles. The Labute approximate surface area is 120 Å². The second kappa shape index (κ2) is 6.35. The van der Waals surface area contributed by atoms with E-state index in [1.807, 2.05) is 6.92 Å². The first kappa shape index (κ1) is 15.0. The Hall–Kier alpha value is -1.42. The van der Waals surface area contributed by atoms with Crippen LogP contribution in [-0.4, -0.2) is 18.0 Å². The largest absolute Gasteiger partial charge is 0.348 e. The zero-order valence-corrected chi connectivity index (χ0v) is 12.2. The molecule has 110 valence electrons. The molecule has 2 rings (SSSR count). The van der Waals surface area contributed by atoms with Crippen LogP contribution >= 0.6 is 0 Å². The third-order valence-electron chi connectivity index (χ3n) is 4.07. The zero-order chi connectivity index (χ0) is 14.6. The summed E-state index contributed by atoms with van der Waals surface area (Å²) in [5, 5.41) is 6.30. The minimum Gasteiger partial charge on any atom is -0.348 e. The molecule has 1 fully saturated rings. The van der Waals surface area contributed by atoms with Crippen LogP contribution in [-0.2, 0) is 4.79 Å². The SMILES string of the molecule is CCCC1(C(=O)N[C@H](C)c2ccccc2F)CCCN1. The molecule has 2 N–H and O–H groups in total. The van der Waals surface area contributed by atoms with Gasteiger partial charge in [-0.15, -0.1) is 0 Å². The molecule has 1 saturated heterocycles. The van der Waals surface area contributed by atoms with E-state index in [1.165, 1.54) is 6.07 Å². The van der Waals surface area contributed by atoms with Crippen molar-refractivity contribution in [2.45, 2.75) is 51.1 Å². The van der Waals surface area contributed by atoms with Crippen molar-refractivity contribution in [3.8, 4) is 0 Å². The molecule has 0 spiro atoms. The first-order chi connectivity index (χ1) is 9.59. The smallest absolute Gasteiger partial charge is 0.240 e. The monoisotopic (exact) mass is 278 g/mol. The molecule has 1 amide bonds. The molecular formula is C16H23FN2O. The van der Waals surface area contributed by atoms with Crippen molar-refractivity contribution in [1.29, 1.82) is 0 Å². The van der Waals surface area contributed by atoms with Crippen LogP contribution in [0.15, 0.2) is 24.3 Å². The fraction of sp³-hybridized carbons (Fsp3) is 0.562. The highest BCUT2D eigenvalue weighted by Gasteiger charge is 2.40. The maximum Gasteiger partial charge on any atom is 0.240 e. The molecule has 0 aromatic heterocycles. The van der Waals surface area contributed by atoms with Gasteiger partial charge in [0.05, 0.1) is 11.6 Å². The summed E-state index contributed by atoms with van der Waals surface area (Å²) < 4.78 is 13.7. The zero-order valence-electron chi connectivity index (χ0n) is 12.2. The van der Waals surface area contributed by atoms with E-state index in [9.17, 15) is 9.18 Å². The summed E-state index contributed by atoms with van der Waals surface area (Å²) in [6, 6.07) is 6.27. The van der Waals surface area contributed by atoms with Gasteiger partial charge in [0.1, 0.15) is 5.82 Å². The van der Waals surface area contributed by atoms with Crippen molar-refractivity contribution in [3.05, 3.63) is 35.6 Å². The van der Waals surface area contributed by atoms with Crippen molar-refractivity contribution < 1.29 is 9.18 Å². The van der Waals surface area contributed by atoms with Crippen LogP contribution in [0, 0.1) is 5.82 Å². The first-order valence-corrected chi connectivity index (χ1v) is 7.39. The average molecular weight is 278 g/mol. The molecule has 1 heterocycles. The average Bonchev–Trinajstić information content (AvgIpc) is 2.89. The molecule has 0 aliphatic carbocycles. The number of benzene rings is 1. The van der Waals surface area contributed by atoms with Gasteiger partial charge in [-0.3, -0.25) is 4.79 Å². The van der Waals surface area contributed by atoms with Crippen molar-refractivity contribution in [3.63, 3.8) is 0 Å². The molecule has 3 nitrogen and oxygen atoms in total. The predicted molar refractivity (Wildman–Crippen MR) is 77.8 cm³/mol. The van der Waals surface area contributed by atoms with Gasteiger partial charge in [-0.05, 0) is 38.8 Å². The van der Waals surface area contributed by atoms with Gasteiger partial charge in [0.2, 0.25) is 5.91 Å². The Morgan fingerprint density at radius 1 is 1.50 bits per heavy atom. The molecule has 4 heteroatoms. The second-order valence-electron chi connectivity index (χ2n) is 5.58. The van der Waals surface area contributed by atoms with Crippen LogP contribution in [0.25, 0.3) is 0 Å². The first-order valence-electron chi connectivity index (χ1n) is 7.39. The number of nitrogens with one attached hydrogen (secondary N) is 2.